The highest BCUT2D eigenvalue weighted by molar-refractivity contribution is 7.92. The zero-order valence-corrected chi connectivity index (χ0v) is 16.8. The van der Waals surface area contributed by atoms with E-state index >= 15 is 0 Å². The number of carbonyl (C=O) groups excluding carboxylic acids is 1. The van der Waals surface area contributed by atoms with Crippen LogP contribution in [0.1, 0.15) is 24.0 Å². The van der Waals surface area contributed by atoms with Crippen molar-refractivity contribution in [3.05, 3.63) is 63.7 Å². The number of hydrogen-bond acceptors (Lipinski definition) is 5. The van der Waals surface area contributed by atoms with E-state index in [-0.39, 0.29) is 24.6 Å². The first-order valence-electron chi connectivity index (χ1n) is 8.67. The van der Waals surface area contributed by atoms with E-state index in [1.807, 2.05) is 19.9 Å². The largest absolute Gasteiger partial charge is 0.326 e. The number of sulfonamides is 1. The van der Waals surface area contributed by atoms with Crippen LogP contribution in [0.5, 0.6) is 0 Å². The summed E-state index contributed by atoms with van der Waals surface area (Å²) in [5.74, 6) is -0.339. The summed E-state index contributed by atoms with van der Waals surface area (Å²) >= 11 is 0. The molecule has 0 aliphatic heterocycles. The summed E-state index contributed by atoms with van der Waals surface area (Å²) in [5.41, 5.74) is 2.82. The van der Waals surface area contributed by atoms with Crippen molar-refractivity contribution in [1.29, 1.82) is 0 Å². The molecule has 0 bridgehead atoms. The van der Waals surface area contributed by atoms with E-state index in [1.165, 1.54) is 22.5 Å². The summed E-state index contributed by atoms with van der Waals surface area (Å²) in [4.78, 5) is 22.4. The molecule has 0 heterocycles. The lowest BCUT2D eigenvalue weighted by Crippen LogP contribution is -2.31. The van der Waals surface area contributed by atoms with Crippen LogP contribution in [-0.2, 0) is 14.8 Å². The van der Waals surface area contributed by atoms with E-state index < -0.39 is 14.9 Å². The van der Waals surface area contributed by atoms with Crippen molar-refractivity contribution < 1.29 is 18.1 Å². The molecular weight excluding hydrogens is 382 g/mol. The molecule has 150 valence electrons. The lowest BCUT2D eigenvalue weighted by atomic mass is 10.1. The average molecular weight is 405 g/mol. The zero-order chi connectivity index (χ0) is 20.9. The highest BCUT2D eigenvalue weighted by Crippen LogP contribution is 2.22. The van der Waals surface area contributed by atoms with E-state index in [0.29, 0.717) is 17.8 Å². The van der Waals surface area contributed by atoms with E-state index in [9.17, 15) is 23.3 Å². The van der Waals surface area contributed by atoms with Crippen LogP contribution >= 0.6 is 0 Å². The smallest absolute Gasteiger partial charge is 0.271 e. The SMILES string of the molecule is Cc1ccc(N(CCCC(=O)Nc2cccc([N+](=O)[O-])c2)S(C)(=O)=O)cc1C. The Kier molecular flexibility index (Phi) is 6.74. The lowest BCUT2D eigenvalue weighted by molar-refractivity contribution is -0.384. The van der Waals surface area contributed by atoms with Gasteiger partial charge in [-0.3, -0.25) is 19.2 Å². The average Bonchev–Trinajstić information content (AvgIpc) is 2.60. The molecule has 0 aromatic heterocycles. The van der Waals surface area contributed by atoms with Crippen LogP contribution in [0.3, 0.4) is 0 Å². The van der Waals surface area contributed by atoms with Gasteiger partial charge in [0.2, 0.25) is 15.9 Å². The summed E-state index contributed by atoms with van der Waals surface area (Å²) in [6.07, 6.45) is 1.52. The van der Waals surface area contributed by atoms with Crippen molar-refractivity contribution in [2.75, 3.05) is 22.4 Å². The Morgan fingerprint density at radius 3 is 2.46 bits per heavy atom. The Morgan fingerprint density at radius 1 is 1.14 bits per heavy atom. The third-order valence-corrected chi connectivity index (χ3v) is 5.48. The number of nitro groups is 1. The number of benzene rings is 2. The molecule has 9 heteroatoms. The molecule has 2 rings (SSSR count). The minimum absolute atomic E-state index is 0.0829. The highest BCUT2D eigenvalue weighted by Gasteiger charge is 2.18. The van der Waals surface area contributed by atoms with Gasteiger partial charge in [-0.05, 0) is 49.6 Å². The van der Waals surface area contributed by atoms with E-state index in [4.69, 9.17) is 0 Å². The maximum atomic E-state index is 12.2. The predicted molar refractivity (Wildman–Crippen MR) is 109 cm³/mol. The van der Waals surface area contributed by atoms with Gasteiger partial charge in [-0.1, -0.05) is 12.1 Å². The molecule has 0 aliphatic rings. The molecule has 1 amide bonds. The minimum atomic E-state index is -3.49. The maximum absolute atomic E-state index is 12.2. The van der Waals surface area contributed by atoms with Crippen LogP contribution in [0.2, 0.25) is 0 Å². The predicted octanol–water partition coefficient (Wildman–Crippen LogP) is 3.40. The van der Waals surface area contributed by atoms with Crippen LogP contribution in [0.15, 0.2) is 42.5 Å². The van der Waals surface area contributed by atoms with Crippen LogP contribution in [0.4, 0.5) is 17.1 Å². The topological polar surface area (TPSA) is 110 Å². The number of amides is 1. The van der Waals surface area contributed by atoms with Gasteiger partial charge in [-0.2, -0.15) is 0 Å². The number of rotatable bonds is 8. The second kappa shape index (κ2) is 8.83. The number of nitro benzene ring substituents is 1. The van der Waals surface area contributed by atoms with Gasteiger partial charge in [-0.25, -0.2) is 8.42 Å². The standard InChI is InChI=1S/C19H23N3O5S/c1-14-9-10-17(12-15(14)2)21(28(3,26)27)11-5-8-19(23)20-16-6-4-7-18(13-16)22(24)25/h4,6-7,9-10,12-13H,5,8,11H2,1-3H3,(H,20,23). The fraction of sp³-hybridized carbons (Fsp3) is 0.316. The number of nitrogens with one attached hydrogen (secondary N) is 1. The number of hydrogen-bond donors (Lipinski definition) is 1. The summed E-state index contributed by atoms with van der Waals surface area (Å²) < 4.78 is 25.6. The molecule has 0 atom stereocenters. The van der Waals surface area contributed by atoms with Crippen molar-refractivity contribution in [2.45, 2.75) is 26.7 Å². The molecule has 0 saturated carbocycles. The molecule has 0 radical (unpaired) electrons. The third-order valence-electron chi connectivity index (χ3n) is 4.28. The number of nitrogens with zero attached hydrogens (tertiary/aromatic N) is 2. The Bertz CT molecular complexity index is 989. The van der Waals surface area contributed by atoms with Gasteiger partial charge in [0.1, 0.15) is 0 Å². The van der Waals surface area contributed by atoms with Crippen molar-refractivity contribution in [2.24, 2.45) is 0 Å². The highest BCUT2D eigenvalue weighted by atomic mass is 32.2. The van der Waals surface area contributed by atoms with Gasteiger partial charge < -0.3 is 5.32 Å². The Balaban J connectivity index is 2.00. The second-order valence-corrected chi connectivity index (χ2v) is 8.47. The van der Waals surface area contributed by atoms with Crippen molar-refractivity contribution >= 4 is 33.0 Å². The Morgan fingerprint density at radius 2 is 1.86 bits per heavy atom. The number of carbonyl (C=O) groups is 1. The van der Waals surface area contributed by atoms with Crippen LogP contribution in [0.25, 0.3) is 0 Å². The molecule has 0 fully saturated rings. The molecule has 8 nitrogen and oxygen atoms in total. The fourth-order valence-corrected chi connectivity index (χ4v) is 3.63. The number of anilines is 2. The molecule has 0 aliphatic carbocycles. The van der Waals surface area contributed by atoms with Gasteiger partial charge in [0.05, 0.1) is 16.9 Å². The lowest BCUT2D eigenvalue weighted by Gasteiger charge is -2.23. The summed E-state index contributed by atoms with van der Waals surface area (Å²) in [5, 5.41) is 13.4. The first-order chi connectivity index (χ1) is 13.1. The second-order valence-electron chi connectivity index (χ2n) is 6.56. The molecule has 0 unspecified atom stereocenters. The summed E-state index contributed by atoms with van der Waals surface area (Å²) in [7, 11) is -3.49. The van der Waals surface area contributed by atoms with Crippen LogP contribution in [0, 0.1) is 24.0 Å². The van der Waals surface area contributed by atoms with Gasteiger partial charge in [0.15, 0.2) is 0 Å². The van der Waals surface area contributed by atoms with E-state index in [2.05, 4.69) is 5.32 Å². The van der Waals surface area contributed by atoms with Crippen molar-refractivity contribution in [3.63, 3.8) is 0 Å². The molecule has 2 aromatic rings. The summed E-state index contributed by atoms with van der Waals surface area (Å²) in [6.45, 7) is 4.01. The Labute approximate surface area is 164 Å². The monoisotopic (exact) mass is 405 g/mol. The molecule has 2 aromatic carbocycles. The van der Waals surface area contributed by atoms with Gasteiger partial charge in [-0.15, -0.1) is 0 Å². The molecule has 28 heavy (non-hydrogen) atoms. The van der Waals surface area contributed by atoms with Crippen molar-refractivity contribution in [3.8, 4) is 0 Å². The fourth-order valence-electron chi connectivity index (χ4n) is 2.67. The third kappa shape index (κ3) is 5.78. The minimum Gasteiger partial charge on any atom is -0.326 e. The molecule has 1 N–H and O–H groups in total. The number of aryl methyl sites for hydroxylation is 2. The van der Waals surface area contributed by atoms with Gasteiger partial charge in [0.25, 0.3) is 5.69 Å². The van der Waals surface area contributed by atoms with Gasteiger partial charge in [0, 0.05) is 30.8 Å². The first kappa shape index (κ1) is 21.4. The van der Waals surface area contributed by atoms with Crippen LogP contribution < -0.4 is 9.62 Å². The quantitative estimate of drug-likeness (QED) is 0.535. The molecule has 0 saturated heterocycles. The van der Waals surface area contributed by atoms with Crippen molar-refractivity contribution in [1.82, 2.24) is 0 Å². The van der Waals surface area contributed by atoms with E-state index in [0.717, 1.165) is 17.4 Å². The summed E-state index contributed by atoms with van der Waals surface area (Å²) in [6, 6.07) is 11.1. The van der Waals surface area contributed by atoms with Gasteiger partial charge >= 0.3 is 0 Å². The zero-order valence-electron chi connectivity index (χ0n) is 16.0. The van der Waals surface area contributed by atoms with E-state index in [1.54, 1.807) is 18.2 Å². The van der Waals surface area contributed by atoms with Crippen LogP contribution in [-0.4, -0.2) is 32.0 Å². The number of non-ortho nitro benzene ring substituents is 1. The maximum Gasteiger partial charge on any atom is 0.271 e. The normalized spacial score (nSPS) is 11.1. The first-order valence-corrected chi connectivity index (χ1v) is 10.5. The molecular formula is C19H23N3O5S. The Hall–Kier alpha value is -2.94. The molecule has 0 spiro atoms.